The van der Waals surface area contributed by atoms with Crippen molar-refractivity contribution < 1.29 is 17.9 Å². The van der Waals surface area contributed by atoms with Crippen LogP contribution in [0.15, 0.2) is 16.3 Å². The van der Waals surface area contributed by atoms with Gasteiger partial charge >= 0.3 is 5.97 Å². The van der Waals surface area contributed by atoms with Crippen molar-refractivity contribution in [3.63, 3.8) is 0 Å². The number of nitrogens with one attached hydrogen (secondary N) is 1. The van der Waals surface area contributed by atoms with Gasteiger partial charge in [-0.3, -0.25) is 0 Å². The lowest BCUT2D eigenvalue weighted by Gasteiger charge is -2.22. The lowest BCUT2D eigenvalue weighted by atomic mass is 10.3. The molecule has 0 spiro atoms. The van der Waals surface area contributed by atoms with Gasteiger partial charge in [-0.2, -0.15) is 4.31 Å². The molecule has 1 fully saturated rings. The second-order valence-corrected chi connectivity index (χ2v) is 7.16. The van der Waals surface area contributed by atoms with Crippen LogP contribution in [0.5, 0.6) is 0 Å². The first-order valence-corrected chi connectivity index (χ1v) is 8.15. The summed E-state index contributed by atoms with van der Waals surface area (Å²) >= 11 is 1.07. The number of hydrogen-bond donors (Lipinski definition) is 1. The highest BCUT2D eigenvalue weighted by Crippen LogP contribution is 2.27. The van der Waals surface area contributed by atoms with Crippen molar-refractivity contribution >= 4 is 27.3 Å². The fourth-order valence-electron chi connectivity index (χ4n) is 2.04. The highest BCUT2D eigenvalue weighted by Gasteiger charge is 2.33. The van der Waals surface area contributed by atoms with Gasteiger partial charge in [0.05, 0.1) is 7.11 Å². The summed E-state index contributed by atoms with van der Waals surface area (Å²) in [6.07, 6.45) is 0.771. The lowest BCUT2D eigenvalue weighted by Crippen LogP contribution is -2.38. The number of carbonyl (C=O) groups excluding carboxylic acids is 1. The van der Waals surface area contributed by atoms with Crippen molar-refractivity contribution in [3.05, 3.63) is 16.3 Å². The van der Waals surface area contributed by atoms with Gasteiger partial charge in [-0.15, -0.1) is 11.3 Å². The zero-order chi connectivity index (χ0) is 14.0. The van der Waals surface area contributed by atoms with E-state index in [-0.39, 0.29) is 15.8 Å². The predicted octanol–water partition coefficient (Wildman–Crippen LogP) is 0.517. The number of methoxy groups -OCH3 is 1. The third-order valence-corrected chi connectivity index (χ3v) is 6.18. The SMILES string of the molecule is COC(=O)c1sccc1S(=O)(=O)N(C)C1CCNC1. The van der Waals surface area contributed by atoms with Crippen LogP contribution < -0.4 is 5.32 Å². The molecule has 1 aliphatic heterocycles. The number of nitrogens with zero attached hydrogens (tertiary/aromatic N) is 1. The number of thiophene rings is 1. The number of sulfonamides is 1. The number of ether oxygens (including phenoxy) is 1. The topological polar surface area (TPSA) is 75.7 Å². The monoisotopic (exact) mass is 304 g/mol. The molecule has 2 rings (SSSR count). The van der Waals surface area contributed by atoms with E-state index >= 15 is 0 Å². The van der Waals surface area contributed by atoms with E-state index in [2.05, 4.69) is 10.1 Å². The maximum absolute atomic E-state index is 12.5. The van der Waals surface area contributed by atoms with E-state index in [1.807, 2.05) is 0 Å². The first-order chi connectivity index (χ1) is 8.98. The molecule has 2 heterocycles. The summed E-state index contributed by atoms with van der Waals surface area (Å²) in [5, 5.41) is 4.71. The van der Waals surface area contributed by atoms with Crippen LogP contribution in [-0.4, -0.2) is 52.0 Å². The highest BCUT2D eigenvalue weighted by molar-refractivity contribution is 7.89. The molecule has 1 atom stereocenters. The molecule has 0 aromatic carbocycles. The van der Waals surface area contributed by atoms with E-state index in [9.17, 15) is 13.2 Å². The van der Waals surface area contributed by atoms with Crippen LogP contribution in [0.1, 0.15) is 16.1 Å². The van der Waals surface area contributed by atoms with Gasteiger partial charge < -0.3 is 10.1 Å². The van der Waals surface area contributed by atoms with Gasteiger partial charge in [-0.25, -0.2) is 13.2 Å². The Bertz CT molecular complexity index is 561. The molecule has 0 aliphatic carbocycles. The normalized spacial score (nSPS) is 19.8. The fraction of sp³-hybridized carbons (Fsp3) is 0.545. The van der Waals surface area contributed by atoms with Gasteiger partial charge in [0.1, 0.15) is 9.77 Å². The first-order valence-electron chi connectivity index (χ1n) is 5.83. The summed E-state index contributed by atoms with van der Waals surface area (Å²) in [6, 6.07) is 1.38. The van der Waals surface area contributed by atoms with E-state index < -0.39 is 16.0 Å². The number of esters is 1. The molecule has 19 heavy (non-hydrogen) atoms. The van der Waals surface area contributed by atoms with Crippen LogP contribution in [0.2, 0.25) is 0 Å². The van der Waals surface area contributed by atoms with Crippen molar-refractivity contribution in [2.24, 2.45) is 0 Å². The lowest BCUT2D eigenvalue weighted by molar-refractivity contribution is 0.0602. The van der Waals surface area contributed by atoms with Crippen molar-refractivity contribution in [1.82, 2.24) is 9.62 Å². The zero-order valence-corrected chi connectivity index (χ0v) is 12.4. The van der Waals surface area contributed by atoms with Crippen molar-refractivity contribution in [2.75, 3.05) is 27.2 Å². The van der Waals surface area contributed by atoms with Crippen LogP contribution in [-0.2, 0) is 14.8 Å². The molecule has 0 amide bonds. The number of hydrogen-bond acceptors (Lipinski definition) is 6. The molecule has 0 saturated carbocycles. The fourth-order valence-corrected chi connectivity index (χ4v) is 4.73. The van der Waals surface area contributed by atoms with Gasteiger partial charge in [0, 0.05) is 19.6 Å². The summed E-state index contributed by atoms with van der Waals surface area (Å²) in [7, 11) is -0.875. The average molecular weight is 304 g/mol. The van der Waals surface area contributed by atoms with Crippen molar-refractivity contribution in [3.8, 4) is 0 Å². The van der Waals surface area contributed by atoms with E-state index in [0.717, 1.165) is 24.3 Å². The molecule has 6 nitrogen and oxygen atoms in total. The molecule has 1 unspecified atom stereocenters. The highest BCUT2D eigenvalue weighted by atomic mass is 32.2. The van der Waals surface area contributed by atoms with Crippen LogP contribution in [0.4, 0.5) is 0 Å². The summed E-state index contributed by atoms with van der Waals surface area (Å²) in [6.45, 7) is 1.44. The van der Waals surface area contributed by atoms with Crippen LogP contribution in [0.3, 0.4) is 0 Å². The molecule has 0 bridgehead atoms. The second-order valence-electron chi connectivity index (χ2n) is 4.27. The molecule has 0 radical (unpaired) electrons. The van der Waals surface area contributed by atoms with Gasteiger partial charge in [0.25, 0.3) is 0 Å². The van der Waals surface area contributed by atoms with Gasteiger partial charge in [-0.1, -0.05) is 0 Å². The van der Waals surface area contributed by atoms with Gasteiger partial charge in [0.2, 0.25) is 10.0 Å². The van der Waals surface area contributed by atoms with Gasteiger partial charge in [-0.05, 0) is 24.4 Å². The summed E-state index contributed by atoms with van der Waals surface area (Å²) in [4.78, 5) is 11.7. The molecule has 1 saturated heterocycles. The molecular weight excluding hydrogens is 288 g/mol. The standard InChI is InChI=1S/C11H16N2O4S2/c1-13(8-3-5-12-7-8)19(15,16)9-4-6-18-10(9)11(14)17-2/h4,6,8,12H,3,5,7H2,1-2H3. The molecule has 8 heteroatoms. The molecule has 1 N–H and O–H groups in total. The predicted molar refractivity (Wildman–Crippen MR) is 71.9 cm³/mol. The number of rotatable bonds is 4. The third kappa shape index (κ3) is 2.66. The average Bonchev–Trinajstić information content (AvgIpc) is 3.07. The van der Waals surface area contributed by atoms with E-state index in [1.54, 1.807) is 12.4 Å². The van der Waals surface area contributed by atoms with E-state index in [4.69, 9.17) is 0 Å². The second kappa shape index (κ2) is 5.58. The molecular formula is C11H16N2O4S2. The molecule has 1 aliphatic rings. The maximum Gasteiger partial charge on any atom is 0.349 e. The Morgan fingerprint density at radius 2 is 2.32 bits per heavy atom. The Hall–Kier alpha value is -0.960. The molecule has 106 valence electrons. The largest absolute Gasteiger partial charge is 0.465 e. The number of likely N-dealkylation sites (N-methyl/N-ethyl adjacent to an activating group) is 1. The maximum atomic E-state index is 12.5. The molecule has 1 aromatic rings. The Kier molecular flexibility index (Phi) is 4.24. The quantitative estimate of drug-likeness (QED) is 0.821. The first kappa shape index (κ1) is 14.4. The minimum absolute atomic E-state index is 0.0266. The van der Waals surface area contributed by atoms with E-state index in [0.29, 0.717) is 6.54 Å². The van der Waals surface area contributed by atoms with Crippen molar-refractivity contribution in [1.29, 1.82) is 0 Å². The van der Waals surface area contributed by atoms with Crippen LogP contribution >= 0.6 is 11.3 Å². The summed E-state index contributed by atoms with van der Waals surface area (Å²) in [5.74, 6) is -0.619. The zero-order valence-electron chi connectivity index (χ0n) is 10.8. The Balaban J connectivity index is 2.34. The molecule has 1 aromatic heterocycles. The van der Waals surface area contributed by atoms with Crippen LogP contribution in [0.25, 0.3) is 0 Å². The van der Waals surface area contributed by atoms with Gasteiger partial charge in [0.15, 0.2) is 0 Å². The van der Waals surface area contributed by atoms with E-state index in [1.165, 1.54) is 17.5 Å². The Morgan fingerprint density at radius 1 is 1.58 bits per heavy atom. The summed E-state index contributed by atoms with van der Waals surface area (Å²) < 4.78 is 31.0. The third-order valence-electron chi connectivity index (χ3n) is 3.21. The minimum atomic E-state index is -3.66. The Labute approximate surface area is 116 Å². The smallest absolute Gasteiger partial charge is 0.349 e. The Morgan fingerprint density at radius 3 is 2.89 bits per heavy atom. The number of carbonyl (C=O) groups is 1. The summed E-state index contributed by atoms with van der Waals surface area (Å²) in [5.41, 5.74) is 0. The van der Waals surface area contributed by atoms with Crippen molar-refractivity contribution in [2.45, 2.75) is 17.4 Å². The van der Waals surface area contributed by atoms with Crippen LogP contribution in [0, 0.1) is 0 Å². The minimum Gasteiger partial charge on any atom is -0.465 e.